The maximum atomic E-state index is 11.4. The van der Waals surface area contributed by atoms with E-state index < -0.39 is 5.76 Å². The van der Waals surface area contributed by atoms with Gasteiger partial charge in [-0.3, -0.25) is 9.09 Å². The number of benzene rings is 1. The van der Waals surface area contributed by atoms with Gasteiger partial charge in [0.15, 0.2) is 5.82 Å². The monoisotopic (exact) mass is 232 g/mol. The molecule has 5 heteroatoms. The summed E-state index contributed by atoms with van der Waals surface area (Å²) in [5, 5.41) is 3.75. The molecule has 5 nitrogen and oxygen atoms in total. The first-order valence-electron chi connectivity index (χ1n) is 5.08. The van der Waals surface area contributed by atoms with Gasteiger partial charge in [0.25, 0.3) is 0 Å². The molecule has 0 saturated heterocycles. The number of rotatable bonds is 4. The molecule has 1 heterocycles. The zero-order valence-corrected chi connectivity index (χ0v) is 9.42. The minimum Gasteiger partial charge on any atom is -0.497 e. The van der Waals surface area contributed by atoms with Crippen LogP contribution in [0.1, 0.15) is 0 Å². The number of hydrogen-bond donors (Lipinski definition) is 0. The third kappa shape index (κ3) is 2.13. The molecule has 2 aromatic rings. The predicted molar refractivity (Wildman–Crippen MR) is 62.9 cm³/mol. The van der Waals surface area contributed by atoms with Crippen LogP contribution in [0.4, 0.5) is 0 Å². The van der Waals surface area contributed by atoms with Crippen molar-refractivity contribution in [1.82, 2.24) is 9.72 Å². The van der Waals surface area contributed by atoms with Gasteiger partial charge < -0.3 is 4.74 Å². The lowest BCUT2D eigenvalue weighted by atomic mass is 10.2. The normalized spacial score (nSPS) is 10.2. The fourth-order valence-corrected chi connectivity index (χ4v) is 1.51. The molecule has 0 spiro atoms. The molecule has 88 valence electrons. The highest BCUT2D eigenvalue weighted by Crippen LogP contribution is 2.19. The van der Waals surface area contributed by atoms with E-state index in [1.807, 2.05) is 12.1 Å². The van der Waals surface area contributed by atoms with Crippen molar-refractivity contribution in [2.75, 3.05) is 7.11 Å². The van der Waals surface area contributed by atoms with Gasteiger partial charge >= 0.3 is 5.76 Å². The van der Waals surface area contributed by atoms with E-state index in [1.165, 1.54) is 4.57 Å². The molecule has 0 N–H and O–H groups in total. The number of hydrogen-bond acceptors (Lipinski definition) is 4. The number of nitrogens with zero attached hydrogens (tertiary/aromatic N) is 2. The molecule has 0 saturated carbocycles. The Labute approximate surface area is 97.9 Å². The van der Waals surface area contributed by atoms with Crippen LogP contribution in [0.15, 0.2) is 46.2 Å². The van der Waals surface area contributed by atoms with E-state index in [9.17, 15) is 4.79 Å². The van der Waals surface area contributed by atoms with E-state index in [1.54, 1.807) is 25.3 Å². The smallest absolute Gasteiger partial charge is 0.442 e. The van der Waals surface area contributed by atoms with Crippen molar-refractivity contribution in [2.24, 2.45) is 0 Å². The maximum absolute atomic E-state index is 11.4. The molecule has 0 amide bonds. The highest BCUT2D eigenvalue weighted by molar-refractivity contribution is 5.56. The van der Waals surface area contributed by atoms with Gasteiger partial charge in [-0.15, -0.1) is 6.58 Å². The van der Waals surface area contributed by atoms with E-state index in [2.05, 4.69) is 16.3 Å². The molecule has 1 aromatic heterocycles. The van der Waals surface area contributed by atoms with Crippen molar-refractivity contribution in [2.45, 2.75) is 6.54 Å². The second-order valence-corrected chi connectivity index (χ2v) is 3.40. The highest BCUT2D eigenvalue weighted by atomic mass is 16.5. The molecule has 0 bridgehead atoms. The Morgan fingerprint density at radius 1 is 1.47 bits per heavy atom. The number of allylic oxidation sites excluding steroid dienone is 1. The molecular weight excluding hydrogens is 220 g/mol. The summed E-state index contributed by atoms with van der Waals surface area (Å²) < 4.78 is 11.1. The third-order valence-corrected chi connectivity index (χ3v) is 2.35. The van der Waals surface area contributed by atoms with Crippen LogP contribution in [0.3, 0.4) is 0 Å². The van der Waals surface area contributed by atoms with Crippen LogP contribution in [0.5, 0.6) is 5.75 Å². The lowest BCUT2D eigenvalue weighted by molar-refractivity contribution is 0.378. The SMILES string of the molecule is C=CCn1c(-c2ccc(OC)cc2)noc1=O. The molecule has 0 radical (unpaired) electrons. The molecule has 2 rings (SSSR count). The average Bonchev–Trinajstić information content (AvgIpc) is 2.72. The molecule has 17 heavy (non-hydrogen) atoms. The Morgan fingerprint density at radius 3 is 2.76 bits per heavy atom. The average molecular weight is 232 g/mol. The second-order valence-electron chi connectivity index (χ2n) is 3.40. The largest absolute Gasteiger partial charge is 0.497 e. The van der Waals surface area contributed by atoms with Crippen LogP contribution >= 0.6 is 0 Å². The summed E-state index contributed by atoms with van der Waals surface area (Å²) in [5.41, 5.74) is 0.790. The molecule has 0 fully saturated rings. The molecule has 0 aliphatic heterocycles. The molecule has 0 aliphatic rings. The quantitative estimate of drug-likeness (QED) is 0.753. The van der Waals surface area contributed by atoms with Crippen molar-refractivity contribution in [1.29, 1.82) is 0 Å². The van der Waals surface area contributed by atoms with Crippen LogP contribution in [0.2, 0.25) is 0 Å². The van der Waals surface area contributed by atoms with E-state index in [4.69, 9.17) is 4.74 Å². The minimum atomic E-state index is -0.490. The summed E-state index contributed by atoms with van der Waals surface area (Å²) in [5.74, 6) is 0.739. The first-order valence-corrected chi connectivity index (χ1v) is 5.08. The fraction of sp³-hybridized carbons (Fsp3) is 0.167. The first-order chi connectivity index (χ1) is 8.26. The fourth-order valence-electron chi connectivity index (χ4n) is 1.51. The number of ether oxygens (including phenoxy) is 1. The van der Waals surface area contributed by atoms with Crippen LogP contribution in [0, 0.1) is 0 Å². The summed E-state index contributed by atoms with van der Waals surface area (Å²) in [7, 11) is 1.60. The summed E-state index contributed by atoms with van der Waals surface area (Å²) in [4.78, 5) is 11.4. The third-order valence-electron chi connectivity index (χ3n) is 2.35. The summed E-state index contributed by atoms with van der Waals surface area (Å²) in [6.07, 6.45) is 1.62. The van der Waals surface area contributed by atoms with Crippen molar-refractivity contribution >= 4 is 0 Å². The Morgan fingerprint density at radius 2 is 2.18 bits per heavy atom. The van der Waals surface area contributed by atoms with Gasteiger partial charge in [0.1, 0.15) is 5.75 Å². The zero-order valence-electron chi connectivity index (χ0n) is 9.42. The van der Waals surface area contributed by atoms with Gasteiger partial charge in [-0.2, -0.15) is 0 Å². The van der Waals surface area contributed by atoms with Gasteiger partial charge in [0.2, 0.25) is 0 Å². The van der Waals surface area contributed by atoms with Crippen molar-refractivity contribution < 1.29 is 9.26 Å². The summed E-state index contributed by atoms with van der Waals surface area (Å²) in [6, 6.07) is 7.23. The Balaban J connectivity index is 2.44. The lowest BCUT2D eigenvalue weighted by Crippen LogP contribution is -2.14. The highest BCUT2D eigenvalue weighted by Gasteiger charge is 2.11. The predicted octanol–water partition coefficient (Wildman–Crippen LogP) is 1.70. The summed E-state index contributed by atoms with van der Waals surface area (Å²) in [6.45, 7) is 3.95. The maximum Gasteiger partial charge on any atom is 0.442 e. The Bertz CT molecular complexity index is 566. The van der Waals surface area contributed by atoms with E-state index in [0.717, 1.165) is 11.3 Å². The van der Waals surface area contributed by atoms with Gasteiger partial charge in [0, 0.05) is 12.1 Å². The van der Waals surface area contributed by atoms with Gasteiger partial charge in [-0.1, -0.05) is 11.2 Å². The topological polar surface area (TPSA) is 57.3 Å². The van der Waals surface area contributed by atoms with Crippen molar-refractivity contribution in [3.05, 3.63) is 47.5 Å². The van der Waals surface area contributed by atoms with Crippen LogP contribution in [-0.4, -0.2) is 16.8 Å². The zero-order chi connectivity index (χ0) is 12.3. The summed E-state index contributed by atoms with van der Waals surface area (Å²) >= 11 is 0. The van der Waals surface area contributed by atoms with Crippen molar-refractivity contribution in [3.8, 4) is 17.1 Å². The number of aromatic nitrogens is 2. The van der Waals surface area contributed by atoms with Crippen molar-refractivity contribution in [3.63, 3.8) is 0 Å². The minimum absolute atomic E-state index is 0.365. The van der Waals surface area contributed by atoms with E-state index in [0.29, 0.717) is 12.4 Å². The molecular formula is C12H12N2O3. The molecule has 0 unspecified atom stereocenters. The molecule has 1 aromatic carbocycles. The molecule has 0 aliphatic carbocycles. The van der Waals surface area contributed by atoms with E-state index >= 15 is 0 Å². The Hall–Kier alpha value is -2.30. The first kappa shape index (κ1) is 11.2. The van der Waals surface area contributed by atoms with E-state index in [-0.39, 0.29) is 0 Å². The Kier molecular flexibility index (Phi) is 3.09. The lowest BCUT2D eigenvalue weighted by Gasteiger charge is -2.03. The van der Waals surface area contributed by atoms with Gasteiger partial charge in [-0.05, 0) is 24.3 Å². The second kappa shape index (κ2) is 4.69. The van der Waals surface area contributed by atoms with Gasteiger partial charge in [-0.25, -0.2) is 4.79 Å². The van der Waals surface area contributed by atoms with Crippen LogP contribution in [-0.2, 0) is 6.54 Å². The van der Waals surface area contributed by atoms with Gasteiger partial charge in [0.05, 0.1) is 7.11 Å². The van der Waals surface area contributed by atoms with Crippen LogP contribution in [0.25, 0.3) is 11.4 Å². The standard InChI is InChI=1S/C12H12N2O3/c1-3-8-14-11(13-17-12(14)15)9-4-6-10(16-2)7-5-9/h3-7H,1,8H2,2H3. The molecule has 0 atom stereocenters. The van der Waals surface area contributed by atoms with Crippen LogP contribution < -0.4 is 10.5 Å². The number of methoxy groups -OCH3 is 1.